The van der Waals surface area contributed by atoms with Crippen LogP contribution in [0.2, 0.25) is 0 Å². The van der Waals surface area contributed by atoms with Gasteiger partial charge in [-0.1, -0.05) is 0 Å². The summed E-state index contributed by atoms with van der Waals surface area (Å²) in [5.74, 6) is 0. The SMILES string of the molecule is C1CN(C2CCC(N3CCOCC3)CC2)CCO1. The molecule has 0 aromatic carbocycles. The van der Waals surface area contributed by atoms with Crippen molar-refractivity contribution in [3.8, 4) is 0 Å². The molecule has 18 heavy (non-hydrogen) atoms. The van der Waals surface area contributed by atoms with Crippen LogP contribution in [0.4, 0.5) is 0 Å². The summed E-state index contributed by atoms with van der Waals surface area (Å²) in [6.07, 6.45) is 5.51. The van der Waals surface area contributed by atoms with E-state index in [9.17, 15) is 0 Å². The van der Waals surface area contributed by atoms with Crippen LogP contribution < -0.4 is 0 Å². The molecular formula is C14H26N2O2. The Balaban J connectivity index is 1.45. The van der Waals surface area contributed by atoms with E-state index < -0.39 is 0 Å². The van der Waals surface area contributed by atoms with Gasteiger partial charge in [-0.25, -0.2) is 0 Å². The molecule has 1 saturated carbocycles. The summed E-state index contributed by atoms with van der Waals surface area (Å²) in [6, 6.07) is 1.65. The highest BCUT2D eigenvalue weighted by atomic mass is 16.5. The molecule has 0 aromatic rings. The first-order chi connectivity index (χ1) is 8.93. The summed E-state index contributed by atoms with van der Waals surface area (Å²) in [7, 11) is 0. The standard InChI is InChI=1S/C14H26N2O2/c1-2-14(16-7-11-18-12-8-16)4-3-13(1)15-5-9-17-10-6-15/h13-14H,1-12H2. The van der Waals surface area contributed by atoms with Gasteiger partial charge in [-0.2, -0.15) is 0 Å². The van der Waals surface area contributed by atoms with Gasteiger partial charge in [0, 0.05) is 38.3 Å². The zero-order valence-corrected chi connectivity index (χ0v) is 11.4. The van der Waals surface area contributed by atoms with Crippen molar-refractivity contribution < 1.29 is 9.47 Å². The van der Waals surface area contributed by atoms with Crippen molar-refractivity contribution in [3.63, 3.8) is 0 Å². The molecule has 2 heterocycles. The minimum Gasteiger partial charge on any atom is -0.379 e. The summed E-state index contributed by atoms with van der Waals surface area (Å²) in [5, 5.41) is 0. The smallest absolute Gasteiger partial charge is 0.0594 e. The van der Waals surface area contributed by atoms with Crippen LogP contribution in [0.1, 0.15) is 25.7 Å². The van der Waals surface area contributed by atoms with E-state index in [0.29, 0.717) is 0 Å². The summed E-state index contributed by atoms with van der Waals surface area (Å²) >= 11 is 0. The quantitative estimate of drug-likeness (QED) is 0.733. The maximum Gasteiger partial charge on any atom is 0.0594 e. The third kappa shape index (κ3) is 3.05. The van der Waals surface area contributed by atoms with Gasteiger partial charge in [-0.3, -0.25) is 9.80 Å². The maximum absolute atomic E-state index is 5.44. The van der Waals surface area contributed by atoms with Crippen molar-refractivity contribution >= 4 is 0 Å². The van der Waals surface area contributed by atoms with Crippen molar-refractivity contribution in [1.29, 1.82) is 0 Å². The van der Waals surface area contributed by atoms with Crippen LogP contribution in [0, 0.1) is 0 Å². The molecule has 2 saturated heterocycles. The maximum atomic E-state index is 5.44. The van der Waals surface area contributed by atoms with Gasteiger partial charge in [-0.15, -0.1) is 0 Å². The molecule has 1 aliphatic carbocycles. The summed E-state index contributed by atoms with van der Waals surface area (Å²) in [6.45, 7) is 8.32. The summed E-state index contributed by atoms with van der Waals surface area (Å²) in [4.78, 5) is 5.30. The molecule has 2 aliphatic heterocycles. The Bertz CT molecular complexity index is 216. The average Bonchev–Trinajstić information content (AvgIpc) is 2.49. The van der Waals surface area contributed by atoms with Crippen molar-refractivity contribution in [2.75, 3.05) is 52.6 Å². The highest BCUT2D eigenvalue weighted by Crippen LogP contribution is 2.27. The fourth-order valence-electron chi connectivity index (χ4n) is 3.67. The van der Waals surface area contributed by atoms with Crippen LogP contribution in [0.5, 0.6) is 0 Å². The molecule has 0 atom stereocenters. The molecule has 0 aromatic heterocycles. The molecule has 0 bridgehead atoms. The Kier molecular flexibility index (Phi) is 4.52. The number of hydrogen-bond acceptors (Lipinski definition) is 4. The minimum absolute atomic E-state index is 0.825. The van der Waals surface area contributed by atoms with Gasteiger partial charge in [0.2, 0.25) is 0 Å². The Hall–Kier alpha value is -0.160. The lowest BCUT2D eigenvalue weighted by Gasteiger charge is -2.42. The summed E-state index contributed by atoms with van der Waals surface area (Å²) in [5.41, 5.74) is 0. The third-order valence-corrected chi connectivity index (χ3v) is 4.79. The Morgan fingerprint density at radius 1 is 0.556 bits per heavy atom. The van der Waals surface area contributed by atoms with Gasteiger partial charge < -0.3 is 9.47 Å². The third-order valence-electron chi connectivity index (χ3n) is 4.79. The topological polar surface area (TPSA) is 24.9 Å². The fourth-order valence-corrected chi connectivity index (χ4v) is 3.67. The number of ether oxygens (including phenoxy) is 2. The van der Waals surface area contributed by atoms with Crippen molar-refractivity contribution in [1.82, 2.24) is 9.80 Å². The Morgan fingerprint density at radius 2 is 0.889 bits per heavy atom. The van der Waals surface area contributed by atoms with Crippen LogP contribution in [-0.2, 0) is 9.47 Å². The van der Waals surface area contributed by atoms with Crippen molar-refractivity contribution in [2.24, 2.45) is 0 Å². The van der Waals surface area contributed by atoms with Crippen LogP contribution in [0.3, 0.4) is 0 Å². The lowest BCUT2D eigenvalue weighted by Crippen LogP contribution is -2.49. The van der Waals surface area contributed by atoms with E-state index in [1.165, 1.54) is 25.7 Å². The molecule has 4 nitrogen and oxygen atoms in total. The molecule has 3 fully saturated rings. The van der Waals surface area contributed by atoms with E-state index >= 15 is 0 Å². The molecule has 4 heteroatoms. The Labute approximate surface area is 110 Å². The van der Waals surface area contributed by atoms with Crippen LogP contribution in [0.15, 0.2) is 0 Å². The lowest BCUT2D eigenvalue weighted by molar-refractivity contribution is -0.0166. The van der Waals surface area contributed by atoms with Gasteiger partial charge in [0.1, 0.15) is 0 Å². The first kappa shape index (κ1) is 12.9. The molecule has 0 amide bonds. The number of rotatable bonds is 2. The monoisotopic (exact) mass is 254 g/mol. The summed E-state index contributed by atoms with van der Waals surface area (Å²) < 4.78 is 10.9. The second kappa shape index (κ2) is 6.33. The number of morpholine rings is 2. The first-order valence-electron chi connectivity index (χ1n) is 7.57. The largest absolute Gasteiger partial charge is 0.379 e. The number of nitrogens with zero attached hydrogens (tertiary/aromatic N) is 2. The second-order valence-electron chi connectivity index (χ2n) is 5.76. The zero-order valence-electron chi connectivity index (χ0n) is 11.4. The van der Waals surface area contributed by atoms with E-state index in [4.69, 9.17) is 9.47 Å². The highest BCUT2D eigenvalue weighted by Gasteiger charge is 2.30. The van der Waals surface area contributed by atoms with Gasteiger partial charge in [-0.05, 0) is 25.7 Å². The van der Waals surface area contributed by atoms with E-state index in [1.54, 1.807) is 0 Å². The van der Waals surface area contributed by atoms with Crippen LogP contribution in [0.25, 0.3) is 0 Å². The van der Waals surface area contributed by atoms with E-state index in [1.807, 2.05) is 0 Å². The molecule has 104 valence electrons. The van der Waals surface area contributed by atoms with Crippen molar-refractivity contribution in [2.45, 2.75) is 37.8 Å². The molecule has 0 unspecified atom stereocenters. The van der Waals surface area contributed by atoms with Gasteiger partial charge in [0.15, 0.2) is 0 Å². The normalized spacial score (nSPS) is 36.7. The van der Waals surface area contributed by atoms with E-state index in [2.05, 4.69) is 9.80 Å². The van der Waals surface area contributed by atoms with E-state index in [0.717, 1.165) is 64.7 Å². The molecular weight excluding hydrogens is 228 g/mol. The molecule has 3 rings (SSSR count). The van der Waals surface area contributed by atoms with Crippen molar-refractivity contribution in [3.05, 3.63) is 0 Å². The fraction of sp³-hybridized carbons (Fsp3) is 1.00. The van der Waals surface area contributed by atoms with E-state index in [-0.39, 0.29) is 0 Å². The molecule has 0 N–H and O–H groups in total. The van der Waals surface area contributed by atoms with Crippen LogP contribution in [-0.4, -0.2) is 74.5 Å². The minimum atomic E-state index is 0.825. The second-order valence-corrected chi connectivity index (χ2v) is 5.76. The van der Waals surface area contributed by atoms with Gasteiger partial charge in [0.25, 0.3) is 0 Å². The predicted molar refractivity (Wildman–Crippen MR) is 70.8 cm³/mol. The molecule has 0 spiro atoms. The van der Waals surface area contributed by atoms with Gasteiger partial charge >= 0.3 is 0 Å². The Morgan fingerprint density at radius 3 is 1.22 bits per heavy atom. The lowest BCUT2D eigenvalue weighted by atomic mass is 9.89. The van der Waals surface area contributed by atoms with Gasteiger partial charge in [0.05, 0.1) is 26.4 Å². The molecule has 3 aliphatic rings. The zero-order chi connectivity index (χ0) is 12.2. The predicted octanol–water partition coefficient (Wildman–Crippen LogP) is 0.962. The first-order valence-corrected chi connectivity index (χ1v) is 7.57. The van der Waals surface area contributed by atoms with Crippen LogP contribution >= 0.6 is 0 Å². The highest BCUT2D eigenvalue weighted by molar-refractivity contribution is 4.85. The average molecular weight is 254 g/mol. The molecule has 0 radical (unpaired) electrons. The number of hydrogen-bond donors (Lipinski definition) is 0.